The average molecular weight is 356 g/mol. The van der Waals surface area contributed by atoms with Gasteiger partial charge in [0.25, 0.3) is 5.91 Å². The molecule has 3 heterocycles. The molecule has 0 N–H and O–H groups in total. The maximum Gasteiger partial charge on any atom is 0.256 e. The van der Waals surface area contributed by atoms with Crippen molar-refractivity contribution in [2.24, 2.45) is 0 Å². The number of hydrogen-bond donors (Lipinski definition) is 0. The molecule has 0 radical (unpaired) electrons. The first kappa shape index (κ1) is 16.6. The van der Waals surface area contributed by atoms with E-state index in [1.165, 1.54) is 6.07 Å². The highest BCUT2D eigenvalue weighted by Crippen LogP contribution is 2.30. The SMILES string of the molecule is CCn1c([C@@H]2CCN(C(=O)c3ccc(F)cc3F)C2)nc2cccnc21. The molecule has 26 heavy (non-hydrogen) atoms. The second-order valence-electron chi connectivity index (χ2n) is 6.42. The summed E-state index contributed by atoms with van der Waals surface area (Å²) in [5, 5.41) is 0. The fourth-order valence-corrected chi connectivity index (χ4v) is 3.59. The minimum absolute atomic E-state index is 0.0663. The Morgan fingerprint density at radius 2 is 2.15 bits per heavy atom. The van der Waals surface area contributed by atoms with Crippen LogP contribution in [0.4, 0.5) is 8.78 Å². The molecular weight excluding hydrogens is 338 g/mol. The summed E-state index contributed by atoms with van der Waals surface area (Å²) < 4.78 is 29.1. The number of benzene rings is 1. The fourth-order valence-electron chi connectivity index (χ4n) is 3.59. The number of likely N-dealkylation sites (tertiary alicyclic amines) is 1. The van der Waals surface area contributed by atoms with E-state index in [1.54, 1.807) is 11.1 Å². The van der Waals surface area contributed by atoms with Gasteiger partial charge in [0.1, 0.15) is 23.0 Å². The van der Waals surface area contributed by atoms with Gasteiger partial charge in [0.15, 0.2) is 5.65 Å². The Bertz CT molecular complexity index is 985. The summed E-state index contributed by atoms with van der Waals surface area (Å²) in [6, 6.07) is 6.81. The van der Waals surface area contributed by atoms with Gasteiger partial charge >= 0.3 is 0 Å². The van der Waals surface area contributed by atoms with Crippen LogP contribution in [0.15, 0.2) is 36.5 Å². The Morgan fingerprint density at radius 1 is 1.31 bits per heavy atom. The summed E-state index contributed by atoms with van der Waals surface area (Å²) >= 11 is 0. The highest BCUT2D eigenvalue weighted by Gasteiger charge is 2.32. The maximum atomic E-state index is 13.9. The molecule has 0 unspecified atom stereocenters. The standard InChI is InChI=1S/C19H18F2N4O/c1-2-25-17(23-16-4-3-8-22-18(16)25)12-7-9-24(11-12)19(26)14-6-5-13(20)10-15(14)21/h3-6,8,10,12H,2,7,9,11H2,1H3/t12-/m1/s1. The number of aryl methyl sites for hydroxylation is 1. The summed E-state index contributed by atoms with van der Waals surface area (Å²) in [5.74, 6) is -0.971. The topological polar surface area (TPSA) is 51.0 Å². The van der Waals surface area contributed by atoms with E-state index in [0.29, 0.717) is 13.1 Å². The molecule has 0 bridgehead atoms. The Balaban J connectivity index is 1.60. The zero-order valence-electron chi connectivity index (χ0n) is 14.3. The molecule has 2 aromatic heterocycles. The Hall–Kier alpha value is -2.83. The summed E-state index contributed by atoms with van der Waals surface area (Å²) in [4.78, 5) is 23.3. The minimum atomic E-state index is -0.830. The third-order valence-electron chi connectivity index (χ3n) is 4.85. The maximum absolute atomic E-state index is 13.9. The van der Waals surface area contributed by atoms with E-state index in [9.17, 15) is 13.6 Å². The van der Waals surface area contributed by atoms with Gasteiger partial charge in [-0.3, -0.25) is 4.79 Å². The second-order valence-corrected chi connectivity index (χ2v) is 6.42. The predicted molar refractivity (Wildman–Crippen MR) is 92.8 cm³/mol. The van der Waals surface area contributed by atoms with E-state index in [0.717, 1.165) is 42.1 Å². The molecule has 4 rings (SSSR count). The van der Waals surface area contributed by atoms with Crippen LogP contribution in [0.5, 0.6) is 0 Å². The third kappa shape index (κ3) is 2.73. The largest absolute Gasteiger partial charge is 0.338 e. The molecule has 134 valence electrons. The highest BCUT2D eigenvalue weighted by molar-refractivity contribution is 5.94. The molecule has 7 heteroatoms. The third-order valence-corrected chi connectivity index (χ3v) is 4.85. The van der Waals surface area contributed by atoms with Gasteiger partial charge in [0.05, 0.1) is 5.56 Å². The molecule has 3 aromatic rings. The van der Waals surface area contributed by atoms with Gasteiger partial charge in [0.2, 0.25) is 0 Å². The van der Waals surface area contributed by atoms with Crippen LogP contribution < -0.4 is 0 Å². The molecule has 0 aliphatic carbocycles. The molecule has 1 saturated heterocycles. The van der Waals surface area contributed by atoms with Gasteiger partial charge in [-0.25, -0.2) is 18.7 Å². The quantitative estimate of drug-likeness (QED) is 0.723. The molecule has 1 amide bonds. The lowest BCUT2D eigenvalue weighted by Crippen LogP contribution is -2.29. The van der Waals surface area contributed by atoms with Gasteiger partial charge < -0.3 is 9.47 Å². The zero-order chi connectivity index (χ0) is 18.3. The molecule has 1 aliphatic rings. The van der Waals surface area contributed by atoms with E-state index >= 15 is 0 Å². The number of amides is 1. The van der Waals surface area contributed by atoms with E-state index in [1.807, 2.05) is 19.1 Å². The Labute approximate surface area is 149 Å². The predicted octanol–water partition coefficient (Wildman–Crippen LogP) is 3.36. The lowest BCUT2D eigenvalue weighted by atomic mass is 10.1. The summed E-state index contributed by atoms with van der Waals surface area (Å²) in [6.45, 7) is 3.74. The highest BCUT2D eigenvalue weighted by atomic mass is 19.1. The summed E-state index contributed by atoms with van der Waals surface area (Å²) in [5.41, 5.74) is 1.57. The number of rotatable bonds is 3. The molecule has 0 saturated carbocycles. The van der Waals surface area contributed by atoms with Crippen molar-refractivity contribution in [3.05, 3.63) is 59.6 Å². The van der Waals surface area contributed by atoms with E-state index in [2.05, 4.69) is 9.55 Å². The number of imidazole rings is 1. The number of pyridine rings is 1. The minimum Gasteiger partial charge on any atom is -0.338 e. The molecule has 1 aliphatic heterocycles. The number of carbonyl (C=O) groups is 1. The zero-order valence-corrected chi connectivity index (χ0v) is 14.3. The van der Waals surface area contributed by atoms with Crippen molar-refractivity contribution < 1.29 is 13.6 Å². The van der Waals surface area contributed by atoms with Crippen LogP contribution in [0, 0.1) is 11.6 Å². The second kappa shape index (κ2) is 6.48. The van der Waals surface area contributed by atoms with Gasteiger partial charge in [-0.2, -0.15) is 0 Å². The fraction of sp³-hybridized carbons (Fsp3) is 0.316. The normalized spacial score (nSPS) is 17.2. The first-order chi connectivity index (χ1) is 12.6. The number of carbonyl (C=O) groups excluding carboxylic acids is 1. The van der Waals surface area contributed by atoms with Crippen molar-refractivity contribution in [1.82, 2.24) is 19.4 Å². The van der Waals surface area contributed by atoms with Crippen LogP contribution >= 0.6 is 0 Å². The van der Waals surface area contributed by atoms with Crippen LogP contribution in [0.1, 0.15) is 35.4 Å². The lowest BCUT2D eigenvalue weighted by molar-refractivity contribution is 0.0785. The Kier molecular flexibility index (Phi) is 4.14. The van der Waals surface area contributed by atoms with Gasteiger partial charge in [-0.15, -0.1) is 0 Å². The molecule has 1 aromatic carbocycles. The number of halogens is 2. The molecule has 5 nitrogen and oxygen atoms in total. The van der Waals surface area contributed by atoms with Crippen LogP contribution in [-0.4, -0.2) is 38.4 Å². The van der Waals surface area contributed by atoms with Gasteiger partial charge in [-0.1, -0.05) is 0 Å². The number of aromatic nitrogens is 3. The van der Waals surface area contributed by atoms with Crippen molar-refractivity contribution >= 4 is 17.1 Å². The van der Waals surface area contributed by atoms with E-state index in [4.69, 9.17) is 4.98 Å². The summed E-state index contributed by atoms with van der Waals surface area (Å²) in [6.07, 6.45) is 2.49. The van der Waals surface area contributed by atoms with Crippen molar-refractivity contribution in [1.29, 1.82) is 0 Å². The van der Waals surface area contributed by atoms with Crippen LogP contribution in [0.3, 0.4) is 0 Å². The molecule has 1 atom stereocenters. The Morgan fingerprint density at radius 3 is 2.92 bits per heavy atom. The summed E-state index contributed by atoms with van der Waals surface area (Å²) in [7, 11) is 0. The van der Waals surface area contributed by atoms with Crippen LogP contribution in [0.2, 0.25) is 0 Å². The number of nitrogens with zero attached hydrogens (tertiary/aromatic N) is 4. The first-order valence-electron chi connectivity index (χ1n) is 8.64. The molecular formula is C19H18F2N4O. The average Bonchev–Trinajstić information content (AvgIpc) is 3.25. The van der Waals surface area contributed by atoms with Gasteiger partial charge in [0, 0.05) is 37.8 Å². The van der Waals surface area contributed by atoms with Crippen LogP contribution in [-0.2, 0) is 6.54 Å². The number of fused-ring (bicyclic) bond motifs is 1. The van der Waals surface area contributed by atoms with Crippen molar-refractivity contribution in [3.8, 4) is 0 Å². The van der Waals surface area contributed by atoms with Crippen LogP contribution in [0.25, 0.3) is 11.2 Å². The van der Waals surface area contributed by atoms with E-state index < -0.39 is 17.5 Å². The molecule has 1 fully saturated rings. The monoisotopic (exact) mass is 356 g/mol. The van der Waals surface area contributed by atoms with Crippen molar-refractivity contribution in [2.75, 3.05) is 13.1 Å². The van der Waals surface area contributed by atoms with E-state index in [-0.39, 0.29) is 11.5 Å². The lowest BCUT2D eigenvalue weighted by Gasteiger charge is -2.17. The van der Waals surface area contributed by atoms with Gasteiger partial charge in [-0.05, 0) is 37.6 Å². The number of hydrogen-bond acceptors (Lipinski definition) is 3. The first-order valence-corrected chi connectivity index (χ1v) is 8.64. The van der Waals surface area contributed by atoms with Crippen molar-refractivity contribution in [3.63, 3.8) is 0 Å². The smallest absolute Gasteiger partial charge is 0.256 e. The van der Waals surface area contributed by atoms with Crippen molar-refractivity contribution in [2.45, 2.75) is 25.8 Å². The molecule has 0 spiro atoms.